The Bertz CT molecular complexity index is 467. The predicted molar refractivity (Wildman–Crippen MR) is 81.2 cm³/mol. The first-order valence-electron chi connectivity index (χ1n) is 6.37. The maximum absolute atomic E-state index is 11.6. The minimum Gasteiger partial charge on any atom is -0.481 e. The second-order valence-corrected chi connectivity index (χ2v) is 5.87. The zero-order valence-corrected chi connectivity index (χ0v) is 12.8. The molecular formula is C14H18ClNO3S. The highest BCUT2D eigenvalue weighted by atomic mass is 35.5. The molecule has 1 aromatic carbocycles. The van der Waals surface area contributed by atoms with Gasteiger partial charge in [-0.05, 0) is 25.0 Å². The molecule has 6 heteroatoms. The van der Waals surface area contributed by atoms with Crippen molar-refractivity contribution >= 4 is 35.2 Å². The molecule has 1 aromatic rings. The van der Waals surface area contributed by atoms with Crippen LogP contribution in [0.1, 0.15) is 19.8 Å². The molecule has 0 heterocycles. The van der Waals surface area contributed by atoms with E-state index in [2.05, 4.69) is 5.32 Å². The summed E-state index contributed by atoms with van der Waals surface area (Å²) in [6, 6.07) is 7.37. The van der Waals surface area contributed by atoms with E-state index < -0.39 is 5.97 Å². The lowest BCUT2D eigenvalue weighted by molar-refractivity contribution is -0.141. The van der Waals surface area contributed by atoms with E-state index in [1.165, 1.54) is 11.8 Å². The number of aliphatic carboxylic acids is 1. The maximum Gasteiger partial charge on any atom is 0.306 e. The van der Waals surface area contributed by atoms with E-state index in [4.69, 9.17) is 16.7 Å². The number of halogens is 1. The summed E-state index contributed by atoms with van der Waals surface area (Å²) in [6.07, 6.45) is 1.23. The minimum absolute atomic E-state index is 0.0714. The number of amides is 1. The first kappa shape index (κ1) is 16.9. The SMILES string of the molecule is CC(CCCNC(=O)CSc1ccccc1Cl)C(=O)O. The summed E-state index contributed by atoms with van der Waals surface area (Å²) in [5, 5.41) is 12.1. The molecule has 4 nitrogen and oxygen atoms in total. The zero-order valence-electron chi connectivity index (χ0n) is 11.3. The van der Waals surface area contributed by atoms with Gasteiger partial charge in [0.1, 0.15) is 0 Å². The van der Waals surface area contributed by atoms with Gasteiger partial charge in [-0.15, -0.1) is 11.8 Å². The summed E-state index contributed by atoms with van der Waals surface area (Å²) in [6.45, 7) is 2.16. The monoisotopic (exact) mass is 315 g/mol. The van der Waals surface area contributed by atoms with E-state index in [-0.39, 0.29) is 11.8 Å². The third-order valence-corrected chi connectivity index (χ3v) is 4.27. The Labute approximate surface area is 127 Å². The highest BCUT2D eigenvalue weighted by Gasteiger charge is 2.10. The number of carbonyl (C=O) groups excluding carboxylic acids is 1. The third kappa shape index (κ3) is 6.30. The molecule has 20 heavy (non-hydrogen) atoms. The van der Waals surface area contributed by atoms with Crippen molar-refractivity contribution in [2.24, 2.45) is 5.92 Å². The fourth-order valence-corrected chi connectivity index (χ4v) is 2.58. The summed E-state index contributed by atoms with van der Waals surface area (Å²) < 4.78 is 0. The van der Waals surface area contributed by atoms with Crippen molar-refractivity contribution in [3.8, 4) is 0 Å². The van der Waals surface area contributed by atoms with Crippen LogP contribution in [0, 0.1) is 5.92 Å². The van der Waals surface area contributed by atoms with Crippen LogP contribution in [0.15, 0.2) is 29.2 Å². The van der Waals surface area contributed by atoms with Gasteiger partial charge < -0.3 is 10.4 Å². The number of hydrogen-bond acceptors (Lipinski definition) is 3. The molecule has 0 bridgehead atoms. The first-order chi connectivity index (χ1) is 9.50. The molecule has 2 N–H and O–H groups in total. The molecular weight excluding hydrogens is 298 g/mol. The number of nitrogens with one attached hydrogen (secondary N) is 1. The Morgan fingerprint density at radius 2 is 2.10 bits per heavy atom. The summed E-state index contributed by atoms with van der Waals surface area (Å²) in [5.41, 5.74) is 0. The van der Waals surface area contributed by atoms with E-state index in [1.807, 2.05) is 18.2 Å². The molecule has 1 rings (SSSR count). The van der Waals surface area contributed by atoms with E-state index >= 15 is 0 Å². The topological polar surface area (TPSA) is 66.4 Å². The van der Waals surface area contributed by atoms with Gasteiger partial charge in [-0.25, -0.2) is 0 Å². The molecule has 1 unspecified atom stereocenters. The highest BCUT2D eigenvalue weighted by molar-refractivity contribution is 8.00. The molecule has 0 saturated carbocycles. The van der Waals surface area contributed by atoms with Gasteiger partial charge in [-0.1, -0.05) is 30.7 Å². The van der Waals surface area contributed by atoms with Crippen LogP contribution >= 0.6 is 23.4 Å². The molecule has 0 fully saturated rings. The normalized spacial score (nSPS) is 11.9. The first-order valence-corrected chi connectivity index (χ1v) is 7.74. The van der Waals surface area contributed by atoms with Gasteiger partial charge in [0.25, 0.3) is 0 Å². The van der Waals surface area contributed by atoms with E-state index in [9.17, 15) is 9.59 Å². The van der Waals surface area contributed by atoms with Gasteiger partial charge in [-0.3, -0.25) is 9.59 Å². The number of carbonyl (C=O) groups is 2. The number of rotatable bonds is 8. The lowest BCUT2D eigenvalue weighted by Crippen LogP contribution is -2.26. The van der Waals surface area contributed by atoms with Crippen molar-refractivity contribution in [2.45, 2.75) is 24.7 Å². The van der Waals surface area contributed by atoms with Crippen molar-refractivity contribution in [3.05, 3.63) is 29.3 Å². The second-order valence-electron chi connectivity index (χ2n) is 4.45. The number of carboxylic acid groups (broad SMARTS) is 1. The Morgan fingerprint density at radius 3 is 2.75 bits per heavy atom. The van der Waals surface area contributed by atoms with Crippen LogP contribution in [-0.2, 0) is 9.59 Å². The summed E-state index contributed by atoms with van der Waals surface area (Å²) in [7, 11) is 0. The number of thioether (sulfide) groups is 1. The number of benzene rings is 1. The fraction of sp³-hybridized carbons (Fsp3) is 0.429. The standard InChI is InChI=1S/C14H18ClNO3S/c1-10(14(18)19)5-4-8-16-13(17)9-20-12-7-3-2-6-11(12)15/h2-3,6-7,10H,4-5,8-9H2,1H3,(H,16,17)(H,18,19). The van der Waals surface area contributed by atoms with Crippen LogP contribution in [0.5, 0.6) is 0 Å². The smallest absolute Gasteiger partial charge is 0.306 e. The third-order valence-electron chi connectivity index (χ3n) is 2.75. The largest absolute Gasteiger partial charge is 0.481 e. The van der Waals surface area contributed by atoms with Gasteiger partial charge >= 0.3 is 5.97 Å². The Kier molecular flexibility index (Phi) is 7.47. The molecule has 0 radical (unpaired) electrons. The highest BCUT2D eigenvalue weighted by Crippen LogP contribution is 2.26. The van der Waals surface area contributed by atoms with E-state index in [1.54, 1.807) is 13.0 Å². The van der Waals surface area contributed by atoms with Crippen LogP contribution < -0.4 is 5.32 Å². The van der Waals surface area contributed by atoms with Crippen LogP contribution in [0.2, 0.25) is 5.02 Å². The Balaban J connectivity index is 2.18. The van der Waals surface area contributed by atoms with E-state index in [0.717, 1.165) is 4.90 Å². The lowest BCUT2D eigenvalue weighted by Gasteiger charge is -2.08. The summed E-state index contributed by atoms with van der Waals surface area (Å²) in [4.78, 5) is 23.1. The summed E-state index contributed by atoms with van der Waals surface area (Å²) in [5.74, 6) is -0.939. The van der Waals surface area contributed by atoms with Crippen molar-refractivity contribution < 1.29 is 14.7 Å². The second kappa shape index (κ2) is 8.87. The van der Waals surface area contributed by atoms with Crippen molar-refractivity contribution in [3.63, 3.8) is 0 Å². The van der Waals surface area contributed by atoms with Crippen molar-refractivity contribution in [2.75, 3.05) is 12.3 Å². The molecule has 0 saturated heterocycles. The van der Waals surface area contributed by atoms with Gasteiger partial charge in [0, 0.05) is 11.4 Å². The van der Waals surface area contributed by atoms with Crippen LogP contribution in [-0.4, -0.2) is 29.3 Å². The molecule has 0 aromatic heterocycles. The lowest BCUT2D eigenvalue weighted by atomic mass is 10.1. The van der Waals surface area contributed by atoms with E-state index in [0.29, 0.717) is 30.2 Å². The van der Waals surface area contributed by atoms with Crippen molar-refractivity contribution in [1.29, 1.82) is 0 Å². The molecule has 0 aliphatic carbocycles. The predicted octanol–water partition coefficient (Wildman–Crippen LogP) is 3.05. The molecule has 0 aliphatic heterocycles. The van der Waals surface area contributed by atoms with Gasteiger partial charge in [0.15, 0.2) is 0 Å². The molecule has 0 spiro atoms. The number of carboxylic acids is 1. The van der Waals surface area contributed by atoms with Crippen molar-refractivity contribution in [1.82, 2.24) is 5.32 Å². The van der Waals surface area contributed by atoms with Crippen LogP contribution in [0.25, 0.3) is 0 Å². The zero-order chi connectivity index (χ0) is 15.0. The average molecular weight is 316 g/mol. The summed E-state index contributed by atoms with van der Waals surface area (Å²) >= 11 is 7.38. The Hall–Kier alpha value is -1.20. The molecule has 1 atom stereocenters. The minimum atomic E-state index is -0.800. The Morgan fingerprint density at radius 1 is 1.40 bits per heavy atom. The quantitative estimate of drug-likeness (QED) is 0.571. The van der Waals surface area contributed by atoms with Gasteiger partial charge in [0.2, 0.25) is 5.91 Å². The van der Waals surface area contributed by atoms with Gasteiger partial charge in [0.05, 0.1) is 16.7 Å². The average Bonchev–Trinajstić information content (AvgIpc) is 2.42. The fourth-order valence-electron chi connectivity index (χ4n) is 1.52. The van der Waals surface area contributed by atoms with Gasteiger partial charge in [-0.2, -0.15) is 0 Å². The van der Waals surface area contributed by atoms with Crippen LogP contribution in [0.3, 0.4) is 0 Å². The molecule has 0 aliphatic rings. The number of hydrogen-bond donors (Lipinski definition) is 2. The van der Waals surface area contributed by atoms with Crippen LogP contribution in [0.4, 0.5) is 0 Å². The maximum atomic E-state index is 11.6. The molecule has 110 valence electrons. The molecule has 1 amide bonds.